The molecule has 0 N–H and O–H groups in total. The molecule has 0 fully saturated rings. The van der Waals surface area contributed by atoms with E-state index in [1.807, 2.05) is 29.2 Å². The molecule has 0 aromatic heterocycles. The molecular formula is C18H20N2O2S2. The number of sulfonamides is 1. The summed E-state index contributed by atoms with van der Waals surface area (Å²) in [5.41, 5.74) is 3.12. The summed E-state index contributed by atoms with van der Waals surface area (Å²) in [6.07, 6.45) is 0.915. The molecule has 126 valence electrons. The zero-order valence-corrected chi connectivity index (χ0v) is 15.4. The van der Waals surface area contributed by atoms with Crippen molar-refractivity contribution in [1.29, 1.82) is 0 Å². The highest BCUT2D eigenvalue weighted by Crippen LogP contribution is 2.35. The van der Waals surface area contributed by atoms with E-state index in [-0.39, 0.29) is 0 Å². The van der Waals surface area contributed by atoms with Gasteiger partial charge in [0.25, 0.3) is 10.0 Å². The number of anilines is 1. The fourth-order valence-electron chi connectivity index (χ4n) is 2.66. The lowest BCUT2D eigenvalue weighted by molar-refractivity contribution is 0.597. The van der Waals surface area contributed by atoms with Gasteiger partial charge in [-0.3, -0.25) is 0 Å². The summed E-state index contributed by atoms with van der Waals surface area (Å²) < 4.78 is 29.0. The maximum absolute atomic E-state index is 12.5. The summed E-state index contributed by atoms with van der Waals surface area (Å²) in [5, 5.41) is 0.554. The second-order valence-corrected chi connectivity index (χ2v) is 8.20. The molecule has 0 amide bonds. The van der Waals surface area contributed by atoms with Gasteiger partial charge in [-0.05, 0) is 36.6 Å². The first-order chi connectivity index (χ1) is 11.5. The Morgan fingerprint density at radius 3 is 2.54 bits per heavy atom. The lowest BCUT2D eigenvalue weighted by Gasteiger charge is -2.30. The largest absolute Gasteiger partial charge is 0.319 e. The van der Waals surface area contributed by atoms with Crippen LogP contribution in [0.2, 0.25) is 0 Å². The van der Waals surface area contributed by atoms with Gasteiger partial charge in [-0.2, -0.15) is 8.42 Å². The number of thioether (sulfide) groups is 1. The minimum Gasteiger partial charge on any atom is -0.319 e. The molecule has 6 heteroatoms. The smallest absolute Gasteiger partial charge is 0.286 e. The summed E-state index contributed by atoms with van der Waals surface area (Å²) in [4.78, 5) is 2.30. The lowest BCUT2D eigenvalue weighted by Crippen LogP contribution is -2.34. The highest BCUT2D eigenvalue weighted by Gasteiger charge is 2.30. The SMILES string of the molecule is CCCN1C(SCc2ccccc2C)=NS(=O)(=O)c2ccccc21. The number of amidine groups is 1. The molecule has 0 aliphatic carbocycles. The van der Waals surface area contributed by atoms with Crippen LogP contribution >= 0.6 is 11.8 Å². The van der Waals surface area contributed by atoms with Crippen molar-refractivity contribution in [3.63, 3.8) is 0 Å². The minimum absolute atomic E-state index is 0.290. The number of hydrogen-bond acceptors (Lipinski definition) is 4. The highest BCUT2D eigenvalue weighted by molar-refractivity contribution is 8.14. The molecule has 4 nitrogen and oxygen atoms in total. The number of para-hydroxylation sites is 1. The second-order valence-electron chi connectivity index (χ2n) is 5.68. The average Bonchev–Trinajstić information content (AvgIpc) is 2.57. The van der Waals surface area contributed by atoms with E-state index in [0.29, 0.717) is 15.8 Å². The van der Waals surface area contributed by atoms with Gasteiger partial charge in [-0.25, -0.2) is 0 Å². The van der Waals surface area contributed by atoms with Gasteiger partial charge in [0.2, 0.25) is 0 Å². The summed E-state index contributed by atoms with van der Waals surface area (Å²) in [5.74, 6) is 0.698. The van der Waals surface area contributed by atoms with Gasteiger partial charge in [0.1, 0.15) is 4.90 Å². The molecule has 0 bridgehead atoms. The Labute approximate surface area is 147 Å². The van der Waals surface area contributed by atoms with Crippen molar-refractivity contribution in [2.75, 3.05) is 11.4 Å². The molecular weight excluding hydrogens is 340 g/mol. The molecule has 0 saturated carbocycles. The Morgan fingerprint density at radius 1 is 1.08 bits per heavy atom. The third-order valence-corrected chi connectivity index (χ3v) is 6.38. The normalized spacial score (nSPS) is 15.8. The number of rotatable bonds is 4. The summed E-state index contributed by atoms with van der Waals surface area (Å²) in [6, 6.07) is 15.2. The van der Waals surface area contributed by atoms with Gasteiger partial charge in [0.15, 0.2) is 5.17 Å². The van der Waals surface area contributed by atoms with Gasteiger partial charge in [0.05, 0.1) is 5.69 Å². The van der Waals surface area contributed by atoms with E-state index in [0.717, 1.165) is 18.7 Å². The molecule has 0 unspecified atom stereocenters. The number of aryl methyl sites for hydroxylation is 1. The van der Waals surface area contributed by atoms with Crippen molar-refractivity contribution < 1.29 is 8.42 Å². The van der Waals surface area contributed by atoms with Crippen LogP contribution in [-0.2, 0) is 15.8 Å². The quantitative estimate of drug-likeness (QED) is 0.820. The summed E-state index contributed by atoms with van der Waals surface area (Å²) in [7, 11) is -3.63. The van der Waals surface area contributed by atoms with E-state index < -0.39 is 10.0 Å². The Kier molecular flexibility index (Phi) is 4.96. The van der Waals surface area contributed by atoms with E-state index in [4.69, 9.17) is 0 Å². The fourth-order valence-corrected chi connectivity index (χ4v) is 5.22. The molecule has 2 aromatic rings. The van der Waals surface area contributed by atoms with Crippen molar-refractivity contribution in [2.45, 2.75) is 30.9 Å². The van der Waals surface area contributed by atoms with E-state index in [1.54, 1.807) is 12.1 Å². The standard InChI is InChI=1S/C18H20N2O2S2/c1-3-12-20-16-10-6-7-11-17(16)24(21,22)19-18(20)23-13-15-9-5-4-8-14(15)2/h4-11H,3,12-13H2,1-2H3. The molecule has 24 heavy (non-hydrogen) atoms. The van der Waals surface area contributed by atoms with Gasteiger partial charge in [0, 0.05) is 12.3 Å². The number of nitrogens with zero attached hydrogens (tertiary/aromatic N) is 2. The molecule has 2 aromatic carbocycles. The van der Waals surface area contributed by atoms with Gasteiger partial charge < -0.3 is 4.90 Å². The van der Waals surface area contributed by atoms with Crippen molar-refractivity contribution in [2.24, 2.45) is 4.40 Å². The molecule has 1 aliphatic rings. The Balaban J connectivity index is 1.94. The molecule has 1 heterocycles. The molecule has 0 saturated heterocycles. The van der Waals surface area contributed by atoms with Crippen LogP contribution in [0.25, 0.3) is 0 Å². The van der Waals surface area contributed by atoms with E-state index in [9.17, 15) is 8.42 Å². The van der Waals surface area contributed by atoms with Crippen LogP contribution in [0.4, 0.5) is 5.69 Å². The third kappa shape index (κ3) is 3.35. The van der Waals surface area contributed by atoms with Crippen LogP contribution < -0.4 is 4.90 Å². The van der Waals surface area contributed by atoms with Crippen LogP contribution in [0.1, 0.15) is 24.5 Å². The van der Waals surface area contributed by atoms with Crippen molar-refractivity contribution in [1.82, 2.24) is 0 Å². The molecule has 0 atom stereocenters. The van der Waals surface area contributed by atoms with Gasteiger partial charge in [-0.1, -0.05) is 55.1 Å². The lowest BCUT2D eigenvalue weighted by atomic mass is 10.1. The van der Waals surface area contributed by atoms with Crippen molar-refractivity contribution in [3.05, 3.63) is 59.7 Å². The topological polar surface area (TPSA) is 49.7 Å². The Hall–Kier alpha value is -1.79. The van der Waals surface area contributed by atoms with Crippen molar-refractivity contribution >= 4 is 32.6 Å². The molecule has 0 spiro atoms. The second kappa shape index (κ2) is 6.99. The maximum Gasteiger partial charge on any atom is 0.286 e. The highest BCUT2D eigenvalue weighted by atomic mass is 32.2. The molecule has 3 rings (SSSR count). The first kappa shape index (κ1) is 17.0. The van der Waals surface area contributed by atoms with E-state index in [2.05, 4.69) is 30.4 Å². The minimum atomic E-state index is -3.63. The van der Waals surface area contributed by atoms with Crippen LogP contribution in [0, 0.1) is 6.92 Å². The fraction of sp³-hybridized carbons (Fsp3) is 0.278. The summed E-state index contributed by atoms with van der Waals surface area (Å²) >= 11 is 1.48. The maximum atomic E-state index is 12.5. The van der Waals surface area contributed by atoms with Crippen LogP contribution in [0.3, 0.4) is 0 Å². The first-order valence-electron chi connectivity index (χ1n) is 7.92. The predicted octanol–water partition coefficient (Wildman–Crippen LogP) is 4.20. The Bertz CT molecular complexity index is 876. The number of fused-ring (bicyclic) bond motifs is 1. The molecule has 0 radical (unpaired) electrons. The van der Waals surface area contributed by atoms with Gasteiger partial charge >= 0.3 is 0 Å². The zero-order chi connectivity index (χ0) is 17.2. The number of benzene rings is 2. The Morgan fingerprint density at radius 2 is 1.79 bits per heavy atom. The van der Waals surface area contributed by atoms with E-state index in [1.165, 1.54) is 22.9 Å². The van der Waals surface area contributed by atoms with Crippen molar-refractivity contribution in [3.8, 4) is 0 Å². The summed E-state index contributed by atoms with van der Waals surface area (Å²) in [6.45, 7) is 4.88. The van der Waals surface area contributed by atoms with E-state index >= 15 is 0 Å². The first-order valence-corrected chi connectivity index (χ1v) is 10.3. The molecule has 1 aliphatic heterocycles. The number of hydrogen-bond donors (Lipinski definition) is 0. The average molecular weight is 361 g/mol. The van der Waals surface area contributed by atoms with Crippen LogP contribution in [0.5, 0.6) is 0 Å². The predicted molar refractivity (Wildman–Crippen MR) is 101 cm³/mol. The van der Waals surface area contributed by atoms with Crippen LogP contribution in [-0.4, -0.2) is 20.1 Å². The monoisotopic (exact) mass is 360 g/mol. The zero-order valence-electron chi connectivity index (χ0n) is 13.8. The van der Waals surface area contributed by atoms with Gasteiger partial charge in [-0.15, -0.1) is 4.40 Å². The third-order valence-electron chi connectivity index (χ3n) is 3.93. The van der Waals surface area contributed by atoms with Crippen LogP contribution in [0.15, 0.2) is 57.8 Å².